The normalized spacial score (nSPS) is 10.2. The van der Waals surface area contributed by atoms with Crippen LogP contribution in [0, 0.1) is 11.3 Å². The van der Waals surface area contributed by atoms with Gasteiger partial charge < -0.3 is 4.74 Å². The summed E-state index contributed by atoms with van der Waals surface area (Å²) in [4.78, 5) is 29.3. The number of rotatable bonds is 4. The lowest BCUT2D eigenvalue weighted by atomic mass is 10.1. The van der Waals surface area contributed by atoms with Gasteiger partial charge in [0.2, 0.25) is 0 Å². The van der Waals surface area contributed by atoms with Gasteiger partial charge in [-0.05, 0) is 30.3 Å². The van der Waals surface area contributed by atoms with Crippen LogP contribution in [0.3, 0.4) is 0 Å². The minimum atomic E-state index is -0.477. The zero-order valence-corrected chi connectivity index (χ0v) is 15.7. The Morgan fingerprint density at radius 1 is 1.27 bits per heavy atom. The van der Waals surface area contributed by atoms with Crippen molar-refractivity contribution in [3.8, 4) is 16.6 Å². The molecule has 1 aromatic carbocycles. The minimum absolute atomic E-state index is 0.308. The number of anilines is 1. The number of methoxy groups -OCH3 is 1. The first-order valence-corrected chi connectivity index (χ1v) is 9.24. The third kappa shape index (κ3) is 3.75. The fourth-order valence-corrected chi connectivity index (χ4v) is 4.00. The van der Waals surface area contributed by atoms with Crippen LogP contribution in [0.1, 0.15) is 25.6 Å². The Balaban J connectivity index is 1.80. The lowest BCUT2D eigenvalue weighted by Crippen LogP contribution is -2.12. The molecule has 1 amide bonds. The van der Waals surface area contributed by atoms with Crippen LogP contribution in [-0.2, 0) is 4.74 Å². The number of esters is 1. The highest BCUT2D eigenvalue weighted by molar-refractivity contribution is 7.18. The number of carbonyl (C=O) groups excluding carboxylic acids is 2. The largest absolute Gasteiger partial charge is 0.465 e. The predicted molar refractivity (Wildman–Crippen MR) is 101 cm³/mol. The fourth-order valence-electron chi connectivity index (χ4n) is 2.10. The van der Waals surface area contributed by atoms with Crippen molar-refractivity contribution in [1.29, 1.82) is 5.26 Å². The van der Waals surface area contributed by atoms with Gasteiger partial charge in [-0.25, -0.2) is 9.78 Å². The number of nitrogens with zero attached hydrogens (tertiary/aromatic N) is 2. The Labute approximate surface area is 161 Å². The molecule has 0 aliphatic rings. The van der Waals surface area contributed by atoms with Crippen LogP contribution in [0.25, 0.3) is 10.6 Å². The molecular formula is C17H10ClN3O3S2. The van der Waals surface area contributed by atoms with E-state index in [-0.39, 0.29) is 0 Å². The van der Waals surface area contributed by atoms with Gasteiger partial charge >= 0.3 is 5.97 Å². The molecule has 0 atom stereocenters. The van der Waals surface area contributed by atoms with Crippen LogP contribution in [-0.4, -0.2) is 24.0 Å². The van der Waals surface area contributed by atoms with Crippen LogP contribution in [0.4, 0.5) is 5.13 Å². The Morgan fingerprint density at radius 3 is 2.54 bits per heavy atom. The smallest absolute Gasteiger partial charge is 0.337 e. The maximum absolute atomic E-state index is 12.4. The molecule has 0 fully saturated rings. The molecule has 0 radical (unpaired) electrons. The van der Waals surface area contributed by atoms with Gasteiger partial charge in [0.15, 0.2) is 5.13 Å². The van der Waals surface area contributed by atoms with Gasteiger partial charge in [-0.1, -0.05) is 22.9 Å². The number of halogens is 1. The van der Waals surface area contributed by atoms with E-state index in [2.05, 4.69) is 21.1 Å². The van der Waals surface area contributed by atoms with Gasteiger partial charge in [-0.2, -0.15) is 5.26 Å². The van der Waals surface area contributed by atoms with Crippen LogP contribution >= 0.6 is 34.3 Å². The van der Waals surface area contributed by atoms with E-state index in [4.69, 9.17) is 11.6 Å². The second-order valence-corrected chi connectivity index (χ2v) is 7.31. The summed E-state index contributed by atoms with van der Waals surface area (Å²) in [5, 5.41) is 14.6. The van der Waals surface area contributed by atoms with Crippen molar-refractivity contribution in [2.45, 2.75) is 0 Å². The van der Waals surface area contributed by atoms with Crippen LogP contribution in [0.15, 0.2) is 35.7 Å². The average molecular weight is 404 g/mol. The van der Waals surface area contributed by atoms with E-state index in [1.807, 2.05) is 0 Å². The molecule has 0 bridgehead atoms. The molecule has 0 aliphatic carbocycles. The van der Waals surface area contributed by atoms with E-state index in [1.54, 1.807) is 11.4 Å². The predicted octanol–water partition coefficient (Wildman–Crippen LogP) is 4.44. The van der Waals surface area contributed by atoms with Gasteiger partial charge in [0, 0.05) is 10.9 Å². The Hall–Kier alpha value is -2.73. The SMILES string of the molecule is COC(=O)c1ccc(C(=O)Nc2nc(-c3cc(Cl)cs3)c(C#N)s2)cc1. The molecule has 2 heterocycles. The molecular weight excluding hydrogens is 394 g/mol. The van der Waals surface area contributed by atoms with E-state index < -0.39 is 11.9 Å². The van der Waals surface area contributed by atoms with E-state index >= 15 is 0 Å². The number of ether oxygens (including phenoxy) is 1. The van der Waals surface area contributed by atoms with Gasteiger partial charge in [0.05, 0.1) is 22.6 Å². The summed E-state index contributed by atoms with van der Waals surface area (Å²) in [6.45, 7) is 0. The van der Waals surface area contributed by atoms with Crippen molar-refractivity contribution >= 4 is 51.3 Å². The summed E-state index contributed by atoms with van der Waals surface area (Å²) in [6.07, 6.45) is 0. The number of hydrogen-bond donors (Lipinski definition) is 1. The Morgan fingerprint density at radius 2 is 1.96 bits per heavy atom. The number of benzene rings is 1. The van der Waals surface area contributed by atoms with E-state index in [1.165, 1.54) is 42.7 Å². The van der Waals surface area contributed by atoms with Gasteiger partial charge in [-0.15, -0.1) is 11.3 Å². The number of hydrogen-bond acceptors (Lipinski definition) is 7. The first-order chi connectivity index (χ1) is 12.5. The monoisotopic (exact) mass is 403 g/mol. The lowest BCUT2D eigenvalue weighted by Gasteiger charge is -2.03. The van der Waals surface area contributed by atoms with E-state index in [0.717, 1.165) is 16.2 Å². The highest BCUT2D eigenvalue weighted by Crippen LogP contribution is 2.35. The highest BCUT2D eigenvalue weighted by atomic mass is 35.5. The number of amides is 1. The molecule has 6 nitrogen and oxygen atoms in total. The zero-order chi connectivity index (χ0) is 18.7. The van der Waals surface area contributed by atoms with Crippen molar-refractivity contribution in [3.63, 3.8) is 0 Å². The van der Waals surface area contributed by atoms with Crippen LogP contribution in [0.5, 0.6) is 0 Å². The third-order valence-corrected chi connectivity index (χ3v) is 5.48. The fraction of sp³-hybridized carbons (Fsp3) is 0.0588. The number of nitriles is 1. The summed E-state index contributed by atoms with van der Waals surface area (Å²) in [7, 11) is 1.29. The standard InChI is InChI=1S/C17H10ClN3O3S2/c1-24-16(23)10-4-2-9(3-5-10)15(22)21-17-20-14(13(7-19)26-17)12-6-11(18)8-25-12/h2-6,8H,1H3,(H,20,21,22). The van der Waals surface area contributed by atoms with Crippen molar-refractivity contribution < 1.29 is 14.3 Å². The highest BCUT2D eigenvalue weighted by Gasteiger charge is 2.17. The van der Waals surface area contributed by atoms with Crippen LogP contribution in [0.2, 0.25) is 5.02 Å². The molecule has 0 aliphatic heterocycles. The first kappa shape index (κ1) is 18.1. The number of nitrogens with one attached hydrogen (secondary N) is 1. The maximum atomic E-state index is 12.4. The summed E-state index contributed by atoms with van der Waals surface area (Å²) >= 11 is 8.38. The molecule has 3 rings (SSSR count). The van der Waals surface area contributed by atoms with Gasteiger partial charge in [-0.3, -0.25) is 10.1 Å². The van der Waals surface area contributed by atoms with Crippen molar-refractivity contribution in [1.82, 2.24) is 4.98 Å². The summed E-state index contributed by atoms with van der Waals surface area (Å²) in [6, 6.07) is 9.83. The molecule has 2 aromatic heterocycles. The molecule has 0 unspecified atom stereocenters. The molecule has 0 saturated carbocycles. The Kier molecular flexibility index (Phi) is 5.32. The van der Waals surface area contributed by atoms with Crippen molar-refractivity contribution in [2.75, 3.05) is 12.4 Å². The average Bonchev–Trinajstić information content (AvgIpc) is 3.26. The second kappa shape index (κ2) is 7.66. The molecule has 1 N–H and O–H groups in total. The summed E-state index contributed by atoms with van der Waals surface area (Å²) in [5.41, 5.74) is 1.19. The Bertz CT molecular complexity index is 1020. The second-order valence-electron chi connectivity index (χ2n) is 4.96. The molecule has 3 aromatic rings. The summed E-state index contributed by atoms with van der Waals surface area (Å²) < 4.78 is 4.62. The zero-order valence-electron chi connectivity index (χ0n) is 13.3. The van der Waals surface area contributed by atoms with Crippen molar-refractivity contribution in [3.05, 3.63) is 56.7 Å². The van der Waals surface area contributed by atoms with E-state index in [9.17, 15) is 14.9 Å². The van der Waals surface area contributed by atoms with Gasteiger partial charge in [0.1, 0.15) is 16.6 Å². The number of thiazole rings is 1. The van der Waals surface area contributed by atoms with Crippen molar-refractivity contribution in [2.24, 2.45) is 0 Å². The summed E-state index contributed by atoms with van der Waals surface area (Å²) in [5.74, 6) is -0.870. The number of aromatic nitrogens is 1. The number of carbonyl (C=O) groups is 2. The number of thiophene rings is 1. The van der Waals surface area contributed by atoms with Gasteiger partial charge in [0.25, 0.3) is 5.91 Å². The molecule has 0 spiro atoms. The topological polar surface area (TPSA) is 92.1 Å². The quantitative estimate of drug-likeness (QED) is 0.650. The van der Waals surface area contributed by atoms with Crippen LogP contribution < -0.4 is 5.32 Å². The minimum Gasteiger partial charge on any atom is -0.465 e. The molecule has 9 heteroatoms. The molecule has 26 heavy (non-hydrogen) atoms. The third-order valence-electron chi connectivity index (χ3n) is 3.32. The molecule has 130 valence electrons. The first-order valence-electron chi connectivity index (χ1n) is 7.17. The van der Waals surface area contributed by atoms with E-state index in [0.29, 0.717) is 31.9 Å². The maximum Gasteiger partial charge on any atom is 0.337 e. The lowest BCUT2D eigenvalue weighted by molar-refractivity contribution is 0.0600. The molecule has 0 saturated heterocycles.